The standard InChI is InChI=1S/C21H25NO6/c1-21(2,3)28-20(25)22-14-15-4-8-17(9-5-15)26-12-13-27-18-10-6-16(7-11-18)19(23)24/h4-11H,12-14H2,1-3H3,(H,22,25)(H,23,24). The normalized spacial score (nSPS) is 10.8. The number of alkyl carbamates (subject to hydrolysis) is 1. The third-order valence-corrected chi connectivity index (χ3v) is 3.48. The molecule has 2 aromatic rings. The van der Waals surface area contributed by atoms with Gasteiger partial charge in [0.25, 0.3) is 0 Å². The fourth-order valence-electron chi connectivity index (χ4n) is 2.20. The molecule has 0 bridgehead atoms. The van der Waals surface area contributed by atoms with Crippen LogP contribution in [0.15, 0.2) is 48.5 Å². The van der Waals surface area contributed by atoms with Crippen molar-refractivity contribution in [2.24, 2.45) is 0 Å². The lowest BCUT2D eigenvalue weighted by molar-refractivity contribution is 0.0523. The van der Waals surface area contributed by atoms with E-state index in [1.807, 2.05) is 45.0 Å². The van der Waals surface area contributed by atoms with E-state index in [4.69, 9.17) is 19.3 Å². The Hall–Kier alpha value is -3.22. The van der Waals surface area contributed by atoms with Crippen molar-refractivity contribution in [3.8, 4) is 11.5 Å². The molecule has 0 aliphatic carbocycles. The van der Waals surface area contributed by atoms with E-state index in [2.05, 4.69) is 5.32 Å². The van der Waals surface area contributed by atoms with Gasteiger partial charge in [-0.2, -0.15) is 0 Å². The Labute approximate surface area is 164 Å². The molecule has 2 N–H and O–H groups in total. The smallest absolute Gasteiger partial charge is 0.407 e. The van der Waals surface area contributed by atoms with E-state index >= 15 is 0 Å². The number of ether oxygens (including phenoxy) is 3. The number of hydrogen-bond donors (Lipinski definition) is 2. The largest absolute Gasteiger partial charge is 0.490 e. The minimum Gasteiger partial charge on any atom is -0.490 e. The average Bonchev–Trinajstić information content (AvgIpc) is 2.63. The van der Waals surface area contributed by atoms with Gasteiger partial charge in [-0.15, -0.1) is 0 Å². The number of amides is 1. The lowest BCUT2D eigenvalue weighted by Crippen LogP contribution is -2.32. The van der Waals surface area contributed by atoms with Crippen molar-refractivity contribution in [1.82, 2.24) is 5.32 Å². The van der Waals surface area contributed by atoms with Gasteiger partial charge in [-0.25, -0.2) is 9.59 Å². The Balaban J connectivity index is 1.69. The maximum absolute atomic E-state index is 11.6. The molecule has 0 saturated carbocycles. The lowest BCUT2D eigenvalue weighted by atomic mass is 10.2. The number of carboxylic acid groups (broad SMARTS) is 1. The predicted molar refractivity (Wildman–Crippen MR) is 104 cm³/mol. The van der Waals surface area contributed by atoms with Crippen LogP contribution in [0.4, 0.5) is 4.79 Å². The second-order valence-corrected chi connectivity index (χ2v) is 7.03. The first-order valence-corrected chi connectivity index (χ1v) is 8.88. The molecule has 0 aliphatic rings. The molecular weight excluding hydrogens is 362 g/mol. The second kappa shape index (κ2) is 9.64. The van der Waals surface area contributed by atoms with Crippen molar-refractivity contribution in [2.75, 3.05) is 13.2 Å². The molecular formula is C21H25NO6. The van der Waals surface area contributed by atoms with Crippen LogP contribution < -0.4 is 14.8 Å². The highest BCUT2D eigenvalue weighted by atomic mass is 16.6. The first-order chi connectivity index (χ1) is 13.2. The first-order valence-electron chi connectivity index (χ1n) is 8.88. The number of carbonyl (C=O) groups is 2. The van der Waals surface area contributed by atoms with E-state index in [-0.39, 0.29) is 5.56 Å². The molecule has 28 heavy (non-hydrogen) atoms. The lowest BCUT2D eigenvalue weighted by Gasteiger charge is -2.19. The van der Waals surface area contributed by atoms with Gasteiger partial charge >= 0.3 is 12.1 Å². The van der Waals surface area contributed by atoms with Crippen molar-refractivity contribution >= 4 is 12.1 Å². The molecule has 0 unspecified atom stereocenters. The number of nitrogens with one attached hydrogen (secondary N) is 1. The molecule has 1 amide bonds. The van der Waals surface area contributed by atoms with E-state index in [0.717, 1.165) is 5.56 Å². The van der Waals surface area contributed by atoms with Gasteiger partial charge in [0, 0.05) is 6.54 Å². The van der Waals surface area contributed by atoms with Gasteiger partial charge in [0.1, 0.15) is 30.3 Å². The number of rotatable bonds is 8. The molecule has 0 heterocycles. The summed E-state index contributed by atoms with van der Waals surface area (Å²) < 4.78 is 16.3. The molecule has 7 heteroatoms. The Kier molecular flexibility index (Phi) is 7.26. The van der Waals surface area contributed by atoms with Crippen LogP contribution in [0, 0.1) is 0 Å². The van der Waals surface area contributed by atoms with Gasteiger partial charge < -0.3 is 24.6 Å². The predicted octanol–water partition coefficient (Wildman–Crippen LogP) is 3.87. The summed E-state index contributed by atoms with van der Waals surface area (Å²) in [7, 11) is 0. The van der Waals surface area contributed by atoms with E-state index in [1.54, 1.807) is 12.1 Å². The Bertz CT molecular complexity index is 778. The fraction of sp³-hybridized carbons (Fsp3) is 0.333. The van der Waals surface area contributed by atoms with Crippen LogP contribution >= 0.6 is 0 Å². The number of hydrogen-bond acceptors (Lipinski definition) is 5. The van der Waals surface area contributed by atoms with Gasteiger partial charge in [-0.3, -0.25) is 0 Å². The highest BCUT2D eigenvalue weighted by Gasteiger charge is 2.15. The van der Waals surface area contributed by atoms with Crippen molar-refractivity contribution in [2.45, 2.75) is 32.9 Å². The quantitative estimate of drug-likeness (QED) is 0.668. The zero-order chi connectivity index (χ0) is 20.6. The second-order valence-electron chi connectivity index (χ2n) is 7.03. The molecule has 2 rings (SSSR count). The summed E-state index contributed by atoms with van der Waals surface area (Å²) in [6, 6.07) is 13.5. The van der Waals surface area contributed by atoms with Crippen LogP contribution in [0.5, 0.6) is 11.5 Å². The highest BCUT2D eigenvalue weighted by molar-refractivity contribution is 5.87. The maximum atomic E-state index is 11.6. The molecule has 0 atom stereocenters. The molecule has 0 spiro atoms. The number of carbonyl (C=O) groups excluding carboxylic acids is 1. The minimum atomic E-state index is -0.973. The summed E-state index contributed by atoms with van der Waals surface area (Å²) in [5.41, 5.74) is 0.611. The number of aromatic carboxylic acids is 1. The van der Waals surface area contributed by atoms with Gasteiger partial charge in [0.05, 0.1) is 5.56 Å². The van der Waals surface area contributed by atoms with Crippen molar-refractivity contribution in [3.63, 3.8) is 0 Å². The van der Waals surface area contributed by atoms with Crippen LogP contribution in [0.3, 0.4) is 0 Å². The monoisotopic (exact) mass is 387 g/mol. The van der Waals surface area contributed by atoms with Gasteiger partial charge in [0.15, 0.2) is 0 Å². The zero-order valence-electron chi connectivity index (χ0n) is 16.2. The van der Waals surface area contributed by atoms with E-state index in [1.165, 1.54) is 12.1 Å². The van der Waals surface area contributed by atoms with E-state index < -0.39 is 17.7 Å². The van der Waals surface area contributed by atoms with Crippen LogP contribution in [-0.2, 0) is 11.3 Å². The van der Waals surface area contributed by atoms with E-state index in [0.29, 0.717) is 31.3 Å². The van der Waals surface area contributed by atoms with Crippen molar-refractivity contribution in [3.05, 3.63) is 59.7 Å². The summed E-state index contributed by atoms with van der Waals surface area (Å²) in [6.45, 7) is 6.48. The molecule has 0 aromatic heterocycles. The molecule has 7 nitrogen and oxygen atoms in total. The molecule has 2 aromatic carbocycles. The summed E-state index contributed by atoms with van der Waals surface area (Å²) in [4.78, 5) is 22.4. The molecule has 0 radical (unpaired) electrons. The molecule has 0 aliphatic heterocycles. The number of carboxylic acids is 1. The van der Waals surface area contributed by atoms with Crippen LogP contribution in [-0.4, -0.2) is 36.0 Å². The summed E-state index contributed by atoms with van der Waals surface area (Å²) in [6.07, 6.45) is -0.457. The highest BCUT2D eigenvalue weighted by Crippen LogP contribution is 2.14. The van der Waals surface area contributed by atoms with Crippen LogP contribution in [0.2, 0.25) is 0 Å². The van der Waals surface area contributed by atoms with E-state index in [9.17, 15) is 9.59 Å². The molecule has 0 saturated heterocycles. The van der Waals surface area contributed by atoms with Gasteiger partial charge in [-0.1, -0.05) is 12.1 Å². The zero-order valence-corrected chi connectivity index (χ0v) is 16.2. The topological polar surface area (TPSA) is 94.1 Å². The van der Waals surface area contributed by atoms with Crippen molar-refractivity contribution in [1.29, 1.82) is 0 Å². The molecule has 150 valence electrons. The van der Waals surface area contributed by atoms with Crippen LogP contribution in [0.25, 0.3) is 0 Å². The van der Waals surface area contributed by atoms with Crippen molar-refractivity contribution < 1.29 is 28.9 Å². The Morgan fingerprint density at radius 1 is 0.893 bits per heavy atom. The van der Waals surface area contributed by atoms with Crippen LogP contribution in [0.1, 0.15) is 36.7 Å². The maximum Gasteiger partial charge on any atom is 0.407 e. The van der Waals surface area contributed by atoms with Gasteiger partial charge in [0.2, 0.25) is 0 Å². The Morgan fingerprint density at radius 3 is 1.86 bits per heavy atom. The summed E-state index contributed by atoms with van der Waals surface area (Å²) in [5, 5.41) is 11.6. The average molecular weight is 387 g/mol. The Morgan fingerprint density at radius 2 is 1.39 bits per heavy atom. The summed E-state index contributed by atoms with van der Waals surface area (Å²) >= 11 is 0. The summed E-state index contributed by atoms with van der Waals surface area (Å²) in [5.74, 6) is 0.294. The first kappa shape index (κ1) is 21.1. The SMILES string of the molecule is CC(C)(C)OC(=O)NCc1ccc(OCCOc2ccc(C(=O)O)cc2)cc1. The fourth-order valence-corrected chi connectivity index (χ4v) is 2.20. The number of benzene rings is 2. The minimum absolute atomic E-state index is 0.213. The molecule has 0 fully saturated rings. The third-order valence-electron chi connectivity index (χ3n) is 3.48. The third kappa shape index (κ3) is 7.57. The van der Waals surface area contributed by atoms with Gasteiger partial charge in [-0.05, 0) is 62.7 Å².